The Morgan fingerprint density at radius 2 is 1.81 bits per heavy atom. The molecule has 0 aromatic heterocycles. The van der Waals surface area contributed by atoms with Gasteiger partial charge < -0.3 is 9.84 Å². The molecule has 0 bridgehead atoms. The summed E-state index contributed by atoms with van der Waals surface area (Å²) >= 11 is 0. The highest BCUT2D eigenvalue weighted by Gasteiger charge is 2.38. The maximum Gasteiger partial charge on any atom is 0.155 e. The van der Waals surface area contributed by atoms with Gasteiger partial charge in [-0.2, -0.15) is 0 Å². The summed E-state index contributed by atoms with van der Waals surface area (Å²) < 4.78 is 28.1. The third-order valence-electron chi connectivity index (χ3n) is 3.13. The number of hydrogen-bond donors (Lipinski definition) is 1. The van der Waals surface area contributed by atoms with Crippen molar-refractivity contribution in [2.24, 2.45) is 0 Å². The zero-order valence-corrected chi connectivity index (χ0v) is 9.78. The molecule has 1 N–H and O–H groups in total. The summed E-state index contributed by atoms with van der Waals surface area (Å²) in [6.45, 7) is 0. The molecule has 0 aromatic carbocycles. The Hall–Kier alpha value is -0.460. The lowest BCUT2D eigenvalue weighted by Crippen LogP contribution is -2.33. The normalized spacial score (nSPS) is 35.4. The minimum absolute atomic E-state index is 0.0781. The van der Waals surface area contributed by atoms with E-state index in [9.17, 15) is 18.3 Å². The van der Waals surface area contributed by atoms with Crippen LogP contribution in [0.1, 0.15) is 25.7 Å². The summed E-state index contributed by atoms with van der Waals surface area (Å²) in [6, 6.07) is 0. The van der Waals surface area contributed by atoms with E-state index in [0.717, 1.165) is 0 Å². The van der Waals surface area contributed by atoms with Gasteiger partial charge in [-0.3, -0.25) is 4.79 Å². The van der Waals surface area contributed by atoms with Crippen LogP contribution < -0.4 is 0 Å². The first-order valence-electron chi connectivity index (χ1n) is 5.52. The average Bonchev–Trinajstić information content (AvgIpc) is 2.44. The van der Waals surface area contributed by atoms with E-state index in [-0.39, 0.29) is 23.4 Å². The zero-order valence-electron chi connectivity index (χ0n) is 8.96. The summed E-state index contributed by atoms with van der Waals surface area (Å²) in [5.41, 5.74) is 0. The van der Waals surface area contributed by atoms with Crippen LogP contribution in [0.25, 0.3) is 0 Å². The smallest absolute Gasteiger partial charge is 0.155 e. The first-order chi connectivity index (χ1) is 7.46. The second-order valence-electron chi connectivity index (χ2n) is 4.56. The molecular weight excluding hydrogens is 232 g/mol. The third-order valence-corrected chi connectivity index (χ3v) is 4.82. The molecule has 2 fully saturated rings. The van der Waals surface area contributed by atoms with Gasteiger partial charge >= 0.3 is 0 Å². The number of aliphatic hydroxyl groups excluding tert-OH is 1. The molecule has 1 saturated heterocycles. The number of Topliss-reactive ketones (excluding diaryl/α,β-unsaturated/α-hetero) is 1. The van der Waals surface area contributed by atoms with E-state index >= 15 is 0 Å². The van der Waals surface area contributed by atoms with Crippen molar-refractivity contribution in [2.75, 3.05) is 11.5 Å². The van der Waals surface area contributed by atoms with Crippen molar-refractivity contribution in [1.82, 2.24) is 0 Å². The number of aliphatic hydroxyl groups is 1. The Kier molecular flexibility index (Phi) is 3.32. The zero-order chi connectivity index (χ0) is 11.8. The lowest BCUT2D eigenvalue weighted by Gasteiger charge is -2.25. The minimum Gasteiger partial charge on any atom is -0.389 e. The Labute approximate surface area is 94.7 Å². The second-order valence-corrected chi connectivity index (χ2v) is 6.71. The summed E-state index contributed by atoms with van der Waals surface area (Å²) in [5, 5.41) is 9.54. The number of rotatable bonds is 2. The van der Waals surface area contributed by atoms with Crippen molar-refractivity contribution in [1.29, 1.82) is 0 Å². The SMILES string of the molecule is O=C1CCC(OC2CS(=O)(=O)CC2O)CC1. The second kappa shape index (κ2) is 4.43. The van der Waals surface area contributed by atoms with Crippen LogP contribution in [0.15, 0.2) is 0 Å². The fourth-order valence-electron chi connectivity index (χ4n) is 2.22. The van der Waals surface area contributed by atoms with Gasteiger partial charge in [0.25, 0.3) is 0 Å². The van der Waals surface area contributed by atoms with Gasteiger partial charge in [0.1, 0.15) is 5.78 Å². The van der Waals surface area contributed by atoms with E-state index in [2.05, 4.69) is 0 Å². The van der Waals surface area contributed by atoms with Crippen molar-refractivity contribution in [3.63, 3.8) is 0 Å². The van der Waals surface area contributed by atoms with E-state index in [1.165, 1.54) is 0 Å². The molecule has 2 rings (SSSR count). The number of sulfone groups is 1. The molecule has 5 nitrogen and oxygen atoms in total. The quantitative estimate of drug-likeness (QED) is 0.724. The van der Waals surface area contributed by atoms with Crippen LogP contribution in [0.4, 0.5) is 0 Å². The molecule has 0 amide bonds. The largest absolute Gasteiger partial charge is 0.389 e. The summed E-state index contributed by atoms with van der Waals surface area (Å²) in [4.78, 5) is 11.0. The van der Waals surface area contributed by atoms with Crippen molar-refractivity contribution in [3.8, 4) is 0 Å². The predicted octanol–water partition coefficient (Wildman–Crippen LogP) is -0.327. The first-order valence-corrected chi connectivity index (χ1v) is 7.34. The van der Waals surface area contributed by atoms with Crippen LogP contribution in [0.5, 0.6) is 0 Å². The molecule has 1 saturated carbocycles. The van der Waals surface area contributed by atoms with Gasteiger partial charge in [0, 0.05) is 12.8 Å². The molecule has 0 aromatic rings. The molecule has 2 aliphatic rings. The molecule has 2 atom stereocenters. The van der Waals surface area contributed by atoms with Crippen LogP contribution in [0, 0.1) is 0 Å². The fraction of sp³-hybridized carbons (Fsp3) is 0.900. The standard InChI is InChI=1S/C10H16O5S/c11-7-1-3-8(4-2-7)15-10-6-16(13,14)5-9(10)12/h8-10,12H,1-6H2. The molecule has 2 unspecified atom stereocenters. The van der Waals surface area contributed by atoms with Gasteiger partial charge in [0.15, 0.2) is 9.84 Å². The number of carbonyl (C=O) groups is 1. The van der Waals surface area contributed by atoms with Gasteiger partial charge in [0.2, 0.25) is 0 Å². The van der Waals surface area contributed by atoms with Crippen molar-refractivity contribution >= 4 is 15.6 Å². The molecule has 1 heterocycles. The van der Waals surface area contributed by atoms with Gasteiger partial charge in [-0.1, -0.05) is 0 Å². The van der Waals surface area contributed by atoms with Gasteiger partial charge in [-0.05, 0) is 12.8 Å². The summed E-state index contributed by atoms with van der Waals surface area (Å²) in [7, 11) is -3.15. The number of ketones is 1. The van der Waals surface area contributed by atoms with E-state index in [0.29, 0.717) is 25.7 Å². The van der Waals surface area contributed by atoms with Crippen LogP contribution in [-0.4, -0.2) is 49.1 Å². The lowest BCUT2D eigenvalue weighted by atomic mass is 9.96. The van der Waals surface area contributed by atoms with E-state index in [1.54, 1.807) is 0 Å². The van der Waals surface area contributed by atoms with Crippen LogP contribution in [0.3, 0.4) is 0 Å². The van der Waals surface area contributed by atoms with E-state index in [4.69, 9.17) is 4.74 Å². The Morgan fingerprint density at radius 3 is 2.31 bits per heavy atom. The maximum atomic E-state index is 11.3. The third kappa shape index (κ3) is 2.81. The van der Waals surface area contributed by atoms with Crippen LogP contribution in [0.2, 0.25) is 0 Å². The molecular formula is C10H16O5S. The van der Waals surface area contributed by atoms with Crippen molar-refractivity contribution in [3.05, 3.63) is 0 Å². The van der Waals surface area contributed by atoms with Gasteiger partial charge in [0.05, 0.1) is 29.8 Å². The Balaban J connectivity index is 1.88. The van der Waals surface area contributed by atoms with Gasteiger partial charge in [-0.15, -0.1) is 0 Å². The molecule has 16 heavy (non-hydrogen) atoms. The molecule has 0 radical (unpaired) electrons. The molecule has 1 aliphatic heterocycles. The fourth-order valence-corrected chi connectivity index (χ4v) is 3.90. The van der Waals surface area contributed by atoms with Gasteiger partial charge in [-0.25, -0.2) is 8.42 Å². The maximum absolute atomic E-state index is 11.3. The lowest BCUT2D eigenvalue weighted by molar-refractivity contribution is -0.125. The number of carbonyl (C=O) groups excluding carboxylic acids is 1. The Bertz CT molecular complexity index is 365. The molecule has 0 spiro atoms. The summed E-state index contributed by atoms with van der Waals surface area (Å²) in [5.74, 6) is -0.0680. The first kappa shape index (κ1) is 12.0. The summed E-state index contributed by atoms with van der Waals surface area (Å²) in [6.07, 6.45) is 0.682. The average molecular weight is 248 g/mol. The predicted molar refractivity (Wildman–Crippen MR) is 56.8 cm³/mol. The van der Waals surface area contributed by atoms with Crippen LogP contribution >= 0.6 is 0 Å². The monoisotopic (exact) mass is 248 g/mol. The minimum atomic E-state index is -3.15. The molecule has 1 aliphatic carbocycles. The highest BCUT2D eigenvalue weighted by atomic mass is 32.2. The Morgan fingerprint density at radius 1 is 1.19 bits per heavy atom. The topological polar surface area (TPSA) is 80.7 Å². The van der Waals surface area contributed by atoms with Crippen molar-refractivity contribution in [2.45, 2.75) is 44.0 Å². The number of hydrogen-bond acceptors (Lipinski definition) is 5. The highest BCUT2D eigenvalue weighted by Crippen LogP contribution is 2.24. The highest BCUT2D eigenvalue weighted by molar-refractivity contribution is 7.91. The molecule has 6 heteroatoms. The van der Waals surface area contributed by atoms with Crippen molar-refractivity contribution < 1.29 is 23.1 Å². The molecule has 92 valence electrons. The van der Waals surface area contributed by atoms with E-state index < -0.39 is 22.0 Å². The number of ether oxygens (including phenoxy) is 1. The van der Waals surface area contributed by atoms with E-state index in [1.807, 2.05) is 0 Å². The van der Waals surface area contributed by atoms with Crippen LogP contribution in [-0.2, 0) is 19.4 Å².